The Morgan fingerprint density at radius 1 is 0.767 bits per heavy atom. The van der Waals surface area contributed by atoms with Gasteiger partial charge in [0.15, 0.2) is 6.61 Å². The number of rotatable bonds is 8. The lowest BCUT2D eigenvalue weighted by atomic mass is 10.1. The SMILES string of the molecule is CC(=O)Nc1ccc(NC(=O)CCC(=O)OCC(=O)Nc2c(C)cccc2C)cc1. The monoisotopic (exact) mass is 411 g/mol. The minimum atomic E-state index is -0.636. The molecule has 8 heteroatoms. The van der Waals surface area contributed by atoms with Crippen LogP contribution >= 0.6 is 0 Å². The Balaban J connectivity index is 1.71. The van der Waals surface area contributed by atoms with Gasteiger partial charge in [-0.2, -0.15) is 0 Å². The van der Waals surface area contributed by atoms with Crippen molar-refractivity contribution in [2.45, 2.75) is 33.6 Å². The van der Waals surface area contributed by atoms with E-state index in [1.807, 2.05) is 32.0 Å². The average Bonchev–Trinajstić information content (AvgIpc) is 2.69. The van der Waals surface area contributed by atoms with E-state index in [1.54, 1.807) is 24.3 Å². The van der Waals surface area contributed by atoms with Crippen molar-refractivity contribution in [3.8, 4) is 0 Å². The molecule has 2 rings (SSSR count). The number of nitrogens with one attached hydrogen (secondary N) is 3. The zero-order valence-electron chi connectivity index (χ0n) is 17.2. The zero-order chi connectivity index (χ0) is 22.1. The molecule has 0 aromatic heterocycles. The van der Waals surface area contributed by atoms with Gasteiger partial charge in [-0.1, -0.05) is 18.2 Å². The molecule has 0 aliphatic rings. The summed E-state index contributed by atoms with van der Waals surface area (Å²) in [5.74, 6) is -1.63. The molecule has 0 fully saturated rings. The molecule has 0 saturated carbocycles. The molecule has 158 valence electrons. The molecule has 0 bridgehead atoms. The van der Waals surface area contributed by atoms with Crippen molar-refractivity contribution in [2.75, 3.05) is 22.6 Å². The fourth-order valence-corrected chi connectivity index (χ4v) is 2.68. The highest BCUT2D eigenvalue weighted by atomic mass is 16.5. The summed E-state index contributed by atoms with van der Waals surface area (Å²) >= 11 is 0. The molecular formula is C22H25N3O5. The second-order valence-electron chi connectivity index (χ2n) is 6.78. The molecule has 8 nitrogen and oxygen atoms in total. The first-order valence-corrected chi connectivity index (χ1v) is 9.44. The number of esters is 1. The first-order valence-electron chi connectivity index (χ1n) is 9.44. The number of amides is 3. The van der Waals surface area contributed by atoms with Gasteiger partial charge in [0, 0.05) is 30.4 Å². The van der Waals surface area contributed by atoms with Crippen LogP contribution in [0.15, 0.2) is 42.5 Å². The average molecular weight is 411 g/mol. The highest BCUT2D eigenvalue weighted by Gasteiger charge is 2.12. The molecule has 30 heavy (non-hydrogen) atoms. The van der Waals surface area contributed by atoms with Crippen molar-refractivity contribution in [1.29, 1.82) is 0 Å². The molecule has 0 aliphatic heterocycles. The summed E-state index contributed by atoms with van der Waals surface area (Å²) in [6.07, 6.45) is -0.225. The second kappa shape index (κ2) is 10.8. The number of benzene rings is 2. The van der Waals surface area contributed by atoms with Gasteiger partial charge in [-0.3, -0.25) is 19.2 Å². The minimum absolute atomic E-state index is 0.0786. The first-order chi connectivity index (χ1) is 14.2. The normalized spacial score (nSPS) is 10.1. The number of hydrogen-bond donors (Lipinski definition) is 3. The van der Waals surface area contributed by atoms with Crippen molar-refractivity contribution in [3.05, 3.63) is 53.6 Å². The molecular weight excluding hydrogens is 386 g/mol. The van der Waals surface area contributed by atoms with E-state index in [4.69, 9.17) is 4.74 Å². The quantitative estimate of drug-likeness (QED) is 0.578. The molecule has 3 amide bonds. The first kappa shape index (κ1) is 22.6. The Morgan fingerprint density at radius 3 is 1.90 bits per heavy atom. The van der Waals surface area contributed by atoms with Crippen LogP contribution < -0.4 is 16.0 Å². The summed E-state index contributed by atoms with van der Waals surface area (Å²) in [5, 5.41) is 8.00. The van der Waals surface area contributed by atoms with Crippen LogP contribution in [0.1, 0.15) is 30.9 Å². The smallest absolute Gasteiger partial charge is 0.306 e. The highest BCUT2D eigenvalue weighted by molar-refractivity contribution is 5.95. The largest absolute Gasteiger partial charge is 0.456 e. The van der Waals surface area contributed by atoms with Crippen molar-refractivity contribution in [2.24, 2.45) is 0 Å². The lowest BCUT2D eigenvalue weighted by molar-refractivity contribution is -0.147. The van der Waals surface area contributed by atoms with Crippen LogP contribution in [0.4, 0.5) is 17.1 Å². The maximum atomic E-state index is 12.0. The summed E-state index contributed by atoms with van der Waals surface area (Å²) in [4.78, 5) is 46.8. The van der Waals surface area contributed by atoms with Gasteiger partial charge < -0.3 is 20.7 Å². The van der Waals surface area contributed by atoms with E-state index in [2.05, 4.69) is 16.0 Å². The predicted octanol–water partition coefficient (Wildman–Crippen LogP) is 3.16. The topological polar surface area (TPSA) is 114 Å². The zero-order valence-corrected chi connectivity index (χ0v) is 17.2. The predicted molar refractivity (Wildman–Crippen MR) is 114 cm³/mol. The van der Waals surface area contributed by atoms with E-state index in [9.17, 15) is 19.2 Å². The van der Waals surface area contributed by atoms with Crippen LogP contribution in [0.25, 0.3) is 0 Å². The number of hydrogen-bond acceptors (Lipinski definition) is 5. The van der Waals surface area contributed by atoms with Crippen molar-refractivity contribution >= 4 is 40.8 Å². The molecule has 3 N–H and O–H groups in total. The summed E-state index contributed by atoms with van der Waals surface area (Å²) in [7, 11) is 0. The van der Waals surface area contributed by atoms with Crippen LogP contribution in [0, 0.1) is 13.8 Å². The van der Waals surface area contributed by atoms with Crippen LogP contribution in [0.3, 0.4) is 0 Å². The van der Waals surface area contributed by atoms with Gasteiger partial charge in [0.05, 0.1) is 6.42 Å². The molecule has 0 heterocycles. The van der Waals surface area contributed by atoms with Crippen LogP contribution in [0.5, 0.6) is 0 Å². The van der Waals surface area contributed by atoms with Crippen molar-refractivity contribution < 1.29 is 23.9 Å². The highest BCUT2D eigenvalue weighted by Crippen LogP contribution is 2.19. The number of carbonyl (C=O) groups is 4. The van der Waals surface area contributed by atoms with E-state index in [0.717, 1.165) is 11.1 Å². The van der Waals surface area contributed by atoms with E-state index < -0.39 is 18.5 Å². The van der Waals surface area contributed by atoms with Gasteiger partial charge in [-0.15, -0.1) is 0 Å². The Morgan fingerprint density at radius 2 is 1.33 bits per heavy atom. The fourth-order valence-electron chi connectivity index (χ4n) is 2.68. The Kier molecular flexibility index (Phi) is 8.10. The van der Waals surface area contributed by atoms with Gasteiger partial charge in [-0.05, 0) is 49.2 Å². The number of ether oxygens (including phenoxy) is 1. The van der Waals surface area contributed by atoms with Gasteiger partial charge >= 0.3 is 5.97 Å². The lowest BCUT2D eigenvalue weighted by Crippen LogP contribution is -2.22. The van der Waals surface area contributed by atoms with Crippen LogP contribution in [0.2, 0.25) is 0 Å². The maximum Gasteiger partial charge on any atom is 0.306 e. The van der Waals surface area contributed by atoms with Gasteiger partial charge in [0.2, 0.25) is 11.8 Å². The summed E-state index contributed by atoms with van der Waals surface area (Å²) < 4.78 is 4.94. The van der Waals surface area contributed by atoms with E-state index in [-0.39, 0.29) is 24.7 Å². The Hall–Kier alpha value is -3.68. The van der Waals surface area contributed by atoms with E-state index >= 15 is 0 Å². The number of carbonyl (C=O) groups excluding carboxylic acids is 4. The molecule has 2 aromatic carbocycles. The number of anilines is 3. The third-order valence-electron chi connectivity index (χ3n) is 4.16. The standard InChI is InChI=1S/C22H25N3O5/c1-14-5-4-6-15(2)22(14)25-20(28)13-30-21(29)12-11-19(27)24-18-9-7-17(8-10-18)23-16(3)26/h4-10H,11-13H2,1-3H3,(H,23,26)(H,24,27)(H,25,28). The van der Waals surface area contributed by atoms with Gasteiger partial charge in [0.1, 0.15) is 0 Å². The Bertz CT molecular complexity index is 918. The molecule has 0 saturated heterocycles. The molecule has 0 radical (unpaired) electrons. The molecule has 0 unspecified atom stereocenters. The summed E-state index contributed by atoms with van der Waals surface area (Å²) in [5.41, 5.74) is 3.68. The second-order valence-corrected chi connectivity index (χ2v) is 6.78. The fraction of sp³-hybridized carbons (Fsp3) is 0.273. The lowest BCUT2D eigenvalue weighted by Gasteiger charge is -2.11. The minimum Gasteiger partial charge on any atom is -0.456 e. The van der Waals surface area contributed by atoms with Crippen LogP contribution in [-0.2, 0) is 23.9 Å². The van der Waals surface area contributed by atoms with E-state index in [1.165, 1.54) is 6.92 Å². The van der Waals surface area contributed by atoms with E-state index in [0.29, 0.717) is 17.1 Å². The molecule has 0 atom stereocenters. The van der Waals surface area contributed by atoms with Gasteiger partial charge in [0.25, 0.3) is 5.91 Å². The van der Waals surface area contributed by atoms with Crippen molar-refractivity contribution in [1.82, 2.24) is 0 Å². The van der Waals surface area contributed by atoms with Crippen LogP contribution in [-0.4, -0.2) is 30.3 Å². The Labute approximate surface area is 175 Å². The van der Waals surface area contributed by atoms with Crippen molar-refractivity contribution in [3.63, 3.8) is 0 Å². The maximum absolute atomic E-state index is 12.0. The molecule has 2 aromatic rings. The molecule has 0 spiro atoms. The third kappa shape index (κ3) is 7.38. The van der Waals surface area contributed by atoms with Gasteiger partial charge in [-0.25, -0.2) is 0 Å². The summed E-state index contributed by atoms with van der Waals surface area (Å²) in [6.45, 7) is 4.74. The number of aryl methyl sites for hydroxylation is 2. The summed E-state index contributed by atoms with van der Waals surface area (Å²) in [6, 6.07) is 12.2. The molecule has 0 aliphatic carbocycles. The third-order valence-corrected chi connectivity index (χ3v) is 4.16. The number of para-hydroxylation sites is 1.